The molecule has 22 heavy (non-hydrogen) atoms. The van der Waals surface area contributed by atoms with E-state index in [1.807, 2.05) is 48.5 Å². The number of azo groups is 1. The Morgan fingerprint density at radius 3 is 2.59 bits per heavy atom. The van der Waals surface area contributed by atoms with Crippen molar-refractivity contribution in [3.8, 4) is 11.8 Å². The van der Waals surface area contributed by atoms with Gasteiger partial charge < -0.3 is 10.1 Å². The van der Waals surface area contributed by atoms with Gasteiger partial charge in [0, 0.05) is 19.5 Å². The van der Waals surface area contributed by atoms with E-state index in [0.717, 1.165) is 17.8 Å². The van der Waals surface area contributed by atoms with Crippen LogP contribution in [0.15, 0.2) is 58.8 Å². The second kappa shape index (κ2) is 8.55. The molecule has 0 aromatic heterocycles. The van der Waals surface area contributed by atoms with Gasteiger partial charge in [0.05, 0.1) is 18.9 Å². The average molecular weight is 294 g/mol. The van der Waals surface area contributed by atoms with Crippen LogP contribution in [0.4, 0.5) is 11.4 Å². The SMILES string of the molecule is COc1ccccc1N=Nc1ccc(CNCCC#N)cc1. The van der Waals surface area contributed by atoms with Gasteiger partial charge in [0.2, 0.25) is 0 Å². The molecule has 0 spiro atoms. The maximum Gasteiger partial charge on any atom is 0.146 e. The first kappa shape index (κ1) is 15.7. The smallest absolute Gasteiger partial charge is 0.146 e. The topological polar surface area (TPSA) is 69.8 Å². The Balaban J connectivity index is 1.96. The largest absolute Gasteiger partial charge is 0.494 e. The molecule has 0 radical (unpaired) electrons. The summed E-state index contributed by atoms with van der Waals surface area (Å²) in [6.07, 6.45) is 0.519. The van der Waals surface area contributed by atoms with Gasteiger partial charge in [-0.3, -0.25) is 0 Å². The van der Waals surface area contributed by atoms with Crippen LogP contribution < -0.4 is 10.1 Å². The first-order valence-corrected chi connectivity index (χ1v) is 7.05. The molecule has 0 aliphatic heterocycles. The second-order valence-electron chi connectivity index (χ2n) is 4.62. The van der Waals surface area contributed by atoms with Gasteiger partial charge in [0.25, 0.3) is 0 Å². The maximum absolute atomic E-state index is 8.47. The summed E-state index contributed by atoms with van der Waals surface area (Å²) in [5, 5.41) is 20.1. The lowest BCUT2D eigenvalue weighted by Gasteiger charge is -2.03. The van der Waals surface area contributed by atoms with Crippen molar-refractivity contribution in [3.63, 3.8) is 0 Å². The van der Waals surface area contributed by atoms with Crippen LogP contribution in [-0.2, 0) is 6.54 Å². The highest BCUT2D eigenvalue weighted by atomic mass is 16.5. The summed E-state index contributed by atoms with van der Waals surface area (Å²) < 4.78 is 5.23. The number of hydrogen-bond acceptors (Lipinski definition) is 5. The number of nitrogens with one attached hydrogen (secondary N) is 1. The third-order valence-corrected chi connectivity index (χ3v) is 3.04. The Labute approximate surface area is 130 Å². The van der Waals surface area contributed by atoms with Gasteiger partial charge in [0.1, 0.15) is 11.4 Å². The fraction of sp³-hybridized carbons (Fsp3) is 0.235. The highest BCUT2D eigenvalue weighted by Crippen LogP contribution is 2.28. The van der Waals surface area contributed by atoms with Crippen molar-refractivity contribution < 1.29 is 4.74 Å². The molecule has 0 heterocycles. The minimum atomic E-state index is 0.519. The third-order valence-electron chi connectivity index (χ3n) is 3.04. The van der Waals surface area contributed by atoms with Crippen molar-refractivity contribution in [2.24, 2.45) is 10.2 Å². The molecule has 0 saturated carbocycles. The number of methoxy groups -OCH3 is 1. The molecule has 2 aromatic rings. The summed E-state index contributed by atoms with van der Waals surface area (Å²) in [5.74, 6) is 0.699. The summed E-state index contributed by atoms with van der Waals surface area (Å²) in [4.78, 5) is 0. The molecule has 0 aliphatic carbocycles. The molecule has 1 N–H and O–H groups in total. The number of ether oxygens (including phenoxy) is 1. The highest BCUT2D eigenvalue weighted by molar-refractivity contribution is 5.51. The molecule has 112 valence electrons. The van der Waals surface area contributed by atoms with Crippen molar-refractivity contribution in [2.45, 2.75) is 13.0 Å². The molecule has 0 saturated heterocycles. The quantitative estimate of drug-likeness (QED) is 0.617. The van der Waals surface area contributed by atoms with Crippen molar-refractivity contribution in [3.05, 3.63) is 54.1 Å². The van der Waals surface area contributed by atoms with Crippen LogP contribution in [-0.4, -0.2) is 13.7 Å². The number of benzene rings is 2. The molecule has 0 unspecified atom stereocenters. The van der Waals surface area contributed by atoms with E-state index in [1.165, 1.54) is 0 Å². The van der Waals surface area contributed by atoms with Crippen molar-refractivity contribution in [1.82, 2.24) is 5.32 Å². The van der Waals surface area contributed by atoms with Gasteiger partial charge in [-0.25, -0.2) is 0 Å². The number of para-hydroxylation sites is 1. The lowest BCUT2D eigenvalue weighted by atomic mass is 10.2. The van der Waals surface area contributed by atoms with E-state index in [-0.39, 0.29) is 0 Å². The van der Waals surface area contributed by atoms with Gasteiger partial charge in [0.15, 0.2) is 0 Å². The summed E-state index contributed by atoms with van der Waals surface area (Å²) in [6.45, 7) is 1.44. The normalized spacial score (nSPS) is 10.5. The van der Waals surface area contributed by atoms with Gasteiger partial charge in [-0.15, -0.1) is 5.11 Å². The summed E-state index contributed by atoms with van der Waals surface area (Å²) in [7, 11) is 1.61. The Morgan fingerprint density at radius 1 is 1.09 bits per heavy atom. The highest BCUT2D eigenvalue weighted by Gasteiger charge is 1.99. The van der Waals surface area contributed by atoms with E-state index in [9.17, 15) is 0 Å². The van der Waals surface area contributed by atoms with Crippen molar-refractivity contribution in [1.29, 1.82) is 5.26 Å². The summed E-state index contributed by atoms with van der Waals surface area (Å²) in [5.41, 5.74) is 2.63. The van der Waals surface area contributed by atoms with Crippen LogP contribution in [0.3, 0.4) is 0 Å². The zero-order valence-corrected chi connectivity index (χ0v) is 12.5. The first-order chi connectivity index (χ1) is 10.8. The van der Waals surface area contributed by atoms with Crippen molar-refractivity contribution in [2.75, 3.05) is 13.7 Å². The van der Waals surface area contributed by atoms with Crippen LogP contribution in [0.25, 0.3) is 0 Å². The molecule has 2 aromatic carbocycles. The third kappa shape index (κ3) is 4.69. The number of rotatable bonds is 7. The number of nitriles is 1. The Morgan fingerprint density at radius 2 is 1.86 bits per heavy atom. The second-order valence-corrected chi connectivity index (χ2v) is 4.62. The Bertz CT molecular complexity index is 659. The monoisotopic (exact) mass is 294 g/mol. The fourth-order valence-corrected chi connectivity index (χ4v) is 1.88. The fourth-order valence-electron chi connectivity index (χ4n) is 1.88. The average Bonchev–Trinajstić information content (AvgIpc) is 2.58. The van der Waals surface area contributed by atoms with Crippen LogP contribution in [0.2, 0.25) is 0 Å². The molecule has 0 amide bonds. The predicted molar refractivity (Wildman–Crippen MR) is 85.5 cm³/mol. The molecule has 0 bridgehead atoms. The Hall–Kier alpha value is -2.71. The van der Waals surface area contributed by atoms with E-state index in [4.69, 9.17) is 10.00 Å². The summed E-state index contributed by atoms with van der Waals surface area (Å²) >= 11 is 0. The van der Waals surface area contributed by atoms with Gasteiger partial charge in [-0.1, -0.05) is 24.3 Å². The minimum absolute atomic E-state index is 0.519. The Kier molecular flexibility index (Phi) is 6.09. The standard InChI is InChI=1S/C17H18N4O/c1-22-17-6-3-2-5-16(17)21-20-15-9-7-14(8-10-15)13-19-12-4-11-18/h2-3,5-10,19H,4,12-13H2,1H3. The van der Waals surface area contributed by atoms with E-state index >= 15 is 0 Å². The molecule has 0 aliphatic rings. The van der Waals surface area contributed by atoms with Crippen LogP contribution in [0.5, 0.6) is 5.75 Å². The first-order valence-electron chi connectivity index (χ1n) is 7.05. The number of nitrogens with zero attached hydrogens (tertiary/aromatic N) is 3. The van der Waals surface area contributed by atoms with E-state index in [2.05, 4.69) is 21.6 Å². The molecule has 5 heteroatoms. The lowest BCUT2D eigenvalue weighted by molar-refractivity contribution is 0.416. The van der Waals surface area contributed by atoms with E-state index in [1.54, 1.807) is 7.11 Å². The zero-order valence-electron chi connectivity index (χ0n) is 12.5. The summed E-state index contributed by atoms with van der Waals surface area (Å²) in [6, 6.07) is 17.4. The maximum atomic E-state index is 8.47. The van der Waals surface area contributed by atoms with Crippen LogP contribution >= 0.6 is 0 Å². The van der Waals surface area contributed by atoms with Gasteiger partial charge >= 0.3 is 0 Å². The molecular formula is C17H18N4O. The molecule has 0 atom stereocenters. The molecular weight excluding hydrogens is 276 g/mol. The number of hydrogen-bond donors (Lipinski definition) is 1. The zero-order chi connectivity index (χ0) is 15.6. The molecule has 5 nitrogen and oxygen atoms in total. The van der Waals surface area contributed by atoms with Gasteiger partial charge in [-0.05, 0) is 29.8 Å². The van der Waals surface area contributed by atoms with Crippen molar-refractivity contribution >= 4 is 11.4 Å². The lowest BCUT2D eigenvalue weighted by Crippen LogP contribution is -2.13. The minimum Gasteiger partial charge on any atom is -0.494 e. The van der Waals surface area contributed by atoms with Crippen LogP contribution in [0.1, 0.15) is 12.0 Å². The van der Waals surface area contributed by atoms with E-state index in [0.29, 0.717) is 24.4 Å². The molecule has 2 rings (SSSR count). The van der Waals surface area contributed by atoms with E-state index < -0.39 is 0 Å². The van der Waals surface area contributed by atoms with Gasteiger partial charge in [-0.2, -0.15) is 10.4 Å². The van der Waals surface area contributed by atoms with Crippen LogP contribution in [0, 0.1) is 11.3 Å². The molecule has 0 fully saturated rings. The predicted octanol–water partition coefficient (Wildman–Crippen LogP) is 4.11.